The van der Waals surface area contributed by atoms with Gasteiger partial charge in [-0.25, -0.2) is 4.79 Å². The molecule has 3 N–H and O–H groups in total. The van der Waals surface area contributed by atoms with Crippen LogP contribution in [0.2, 0.25) is 0 Å². The van der Waals surface area contributed by atoms with Gasteiger partial charge in [0.25, 0.3) is 5.56 Å². The molecule has 0 saturated heterocycles. The number of nitrogens with zero attached hydrogens (tertiary/aromatic N) is 1. The predicted octanol–water partition coefficient (Wildman–Crippen LogP) is -0.375. The number of thiophene rings is 1. The van der Waals surface area contributed by atoms with Crippen LogP contribution in [0.4, 0.5) is 0 Å². The van der Waals surface area contributed by atoms with Crippen LogP contribution in [0.25, 0.3) is 10.2 Å². The highest BCUT2D eigenvalue weighted by Gasteiger charge is 2.15. The second-order valence-corrected chi connectivity index (χ2v) is 4.90. The summed E-state index contributed by atoms with van der Waals surface area (Å²) in [4.78, 5) is 38.0. The maximum absolute atomic E-state index is 11.9. The van der Waals surface area contributed by atoms with Crippen LogP contribution in [-0.2, 0) is 18.3 Å². The highest BCUT2D eigenvalue weighted by Crippen LogP contribution is 2.26. The summed E-state index contributed by atoms with van der Waals surface area (Å²) in [7, 11) is 1.41. The number of hydrogen-bond donors (Lipinski definition) is 2. The van der Waals surface area contributed by atoms with E-state index in [9.17, 15) is 14.4 Å². The second-order valence-electron chi connectivity index (χ2n) is 3.79. The van der Waals surface area contributed by atoms with Gasteiger partial charge < -0.3 is 5.73 Å². The summed E-state index contributed by atoms with van der Waals surface area (Å²) in [5, 5.41) is 0.452. The molecular formula is C10H11N3O3S. The largest absolute Gasteiger partial charge is 0.369 e. The third-order valence-corrected chi connectivity index (χ3v) is 3.83. The Kier molecular flexibility index (Phi) is 2.62. The molecule has 0 aliphatic rings. The summed E-state index contributed by atoms with van der Waals surface area (Å²) in [5.74, 6) is -0.459. The zero-order valence-corrected chi connectivity index (χ0v) is 10.2. The van der Waals surface area contributed by atoms with Crippen molar-refractivity contribution in [1.82, 2.24) is 9.55 Å². The number of primary amides is 1. The van der Waals surface area contributed by atoms with Gasteiger partial charge in [0.15, 0.2) is 0 Å². The number of hydrogen-bond acceptors (Lipinski definition) is 4. The molecule has 7 heteroatoms. The molecule has 0 aliphatic carbocycles. The van der Waals surface area contributed by atoms with Crippen molar-refractivity contribution in [2.75, 3.05) is 0 Å². The molecule has 90 valence electrons. The van der Waals surface area contributed by atoms with E-state index in [0.29, 0.717) is 20.7 Å². The zero-order chi connectivity index (χ0) is 12.7. The first-order chi connectivity index (χ1) is 7.91. The number of H-pyrrole nitrogens is 1. The van der Waals surface area contributed by atoms with Crippen molar-refractivity contribution in [3.8, 4) is 0 Å². The van der Waals surface area contributed by atoms with Gasteiger partial charge in [-0.2, -0.15) is 0 Å². The average molecular weight is 253 g/mol. The Balaban J connectivity index is 2.84. The minimum absolute atomic E-state index is 0.0797. The molecule has 17 heavy (non-hydrogen) atoms. The normalized spacial score (nSPS) is 10.9. The van der Waals surface area contributed by atoms with Gasteiger partial charge in [-0.3, -0.25) is 19.1 Å². The number of nitrogens with one attached hydrogen (secondary N) is 1. The van der Waals surface area contributed by atoms with Crippen molar-refractivity contribution in [3.05, 3.63) is 31.3 Å². The van der Waals surface area contributed by atoms with E-state index in [1.165, 1.54) is 18.4 Å². The number of aromatic nitrogens is 2. The zero-order valence-electron chi connectivity index (χ0n) is 9.36. The third-order valence-electron chi connectivity index (χ3n) is 2.62. The molecule has 2 aromatic heterocycles. The molecule has 1 amide bonds. The number of fused-ring (bicyclic) bond motifs is 1. The Labute approximate surface area is 99.7 Å². The smallest absolute Gasteiger partial charge is 0.329 e. The van der Waals surface area contributed by atoms with Crippen LogP contribution < -0.4 is 17.0 Å². The van der Waals surface area contributed by atoms with Gasteiger partial charge in [-0.1, -0.05) is 0 Å². The molecule has 2 rings (SSSR count). The van der Waals surface area contributed by atoms with Crippen LogP contribution in [0.15, 0.2) is 9.59 Å². The Hall–Kier alpha value is -1.89. The number of aromatic amines is 1. The van der Waals surface area contributed by atoms with Crippen LogP contribution >= 0.6 is 11.3 Å². The first-order valence-corrected chi connectivity index (χ1v) is 5.73. The lowest BCUT2D eigenvalue weighted by molar-refractivity contribution is -0.117. The standard InChI is InChI=1S/C10H11N3O3S/c1-4-5(3-6(11)14)17-8-7(4)9(15)13(2)10(16)12-8/h3H2,1-2H3,(H2,11,14)(H,12,16). The van der Waals surface area contributed by atoms with Crippen LogP contribution in [0, 0.1) is 6.92 Å². The van der Waals surface area contributed by atoms with Crippen LogP contribution in [0.1, 0.15) is 10.4 Å². The van der Waals surface area contributed by atoms with Gasteiger partial charge in [0, 0.05) is 11.9 Å². The first-order valence-electron chi connectivity index (χ1n) is 4.91. The van der Waals surface area contributed by atoms with E-state index < -0.39 is 11.6 Å². The Morgan fingerprint density at radius 2 is 2.12 bits per heavy atom. The molecule has 0 aliphatic heterocycles. The molecule has 0 atom stereocenters. The summed E-state index contributed by atoms with van der Waals surface area (Å²) in [6.07, 6.45) is 0.0797. The summed E-state index contributed by atoms with van der Waals surface area (Å²) in [5.41, 5.74) is 5.02. The third kappa shape index (κ3) is 1.78. The van der Waals surface area contributed by atoms with E-state index in [1.54, 1.807) is 6.92 Å². The van der Waals surface area contributed by atoms with E-state index >= 15 is 0 Å². The molecule has 2 aromatic rings. The number of carbonyl (C=O) groups excluding carboxylic acids is 1. The lowest BCUT2D eigenvalue weighted by Crippen LogP contribution is -2.32. The minimum atomic E-state index is -0.464. The number of carbonyl (C=O) groups is 1. The van der Waals surface area contributed by atoms with Crippen molar-refractivity contribution in [1.29, 1.82) is 0 Å². The molecule has 0 bridgehead atoms. The molecule has 0 saturated carbocycles. The SMILES string of the molecule is Cc1c(CC(N)=O)sc2[nH]c(=O)n(C)c(=O)c12. The highest BCUT2D eigenvalue weighted by molar-refractivity contribution is 7.18. The van der Waals surface area contributed by atoms with Crippen molar-refractivity contribution in [2.45, 2.75) is 13.3 Å². The monoisotopic (exact) mass is 253 g/mol. The molecule has 2 heterocycles. The van der Waals surface area contributed by atoms with Crippen LogP contribution in [0.5, 0.6) is 0 Å². The number of nitrogens with two attached hydrogens (primary N) is 1. The van der Waals surface area contributed by atoms with E-state index in [-0.39, 0.29) is 12.0 Å². The van der Waals surface area contributed by atoms with Crippen LogP contribution in [-0.4, -0.2) is 15.5 Å². The fourth-order valence-corrected chi connectivity index (χ4v) is 2.87. The average Bonchev–Trinajstić information content (AvgIpc) is 2.52. The van der Waals surface area contributed by atoms with E-state index in [1.807, 2.05) is 0 Å². The van der Waals surface area contributed by atoms with Crippen LogP contribution in [0.3, 0.4) is 0 Å². The maximum atomic E-state index is 11.9. The summed E-state index contributed by atoms with van der Waals surface area (Å²) in [6, 6.07) is 0. The van der Waals surface area contributed by atoms with Gasteiger partial charge >= 0.3 is 5.69 Å². The van der Waals surface area contributed by atoms with Gasteiger partial charge in [0.1, 0.15) is 4.83 Å². The first kappa shape index (κ1) is 11.6. The number of aryl methyl sites for hydroxylation is 1. The molecule has 0 unspecified atom stereocenters. The second kappa shape index (κ2) is 3.85. The van der Waals surface area contributed by atoms with Crippen molar-refractivity contribution < 1.29 is 4.79 Å². The Bertz CT molecular complexity index is 723. The summed E-state index contributed by atoms with van der Waals surface area (Å²) < 4.78 is 1.01. The molecule has 0 aromatic carbocycles. The van der Waals surface area contributed by atoms with Gasteiger partial charge in [-0.15, -0.1) is 11.3 Å². The van der Waals surface area contributed by atoms with Gasteiger partial charge in [0.05, 0.1) is 11.8 Å². The number of amides is 1. The lowest BCUT2D eigenvalue weighted by Gasteiger charge is -1.96. The topological polar surface area (TPSA) is 97.9 Å². The van der Waals surface area contributed by atoms with Gasteiger partial charge in [-0.05, 0) is 12.5 Å². The molecule has 0 fully saturated rings. The van der Waals surface area contributed by atoms with E-state index in [4.69, 9.17) is 5.73 Å². The quantitative estimate of drug-likeness (QED) is 0.763. The van der Waals surface area contributed by atoms with E-state index in [0.717, 1.165) is 4.57 Å². The fourth-order valence-electron chi connectivity index (χ4n) is 1.67. The van der Waals surface area contributed by atoms with Gasteiger partial charge in [0.2, 0.25) is 5.91 Å². The lowest BCUT2D eigenvalue weighted by atomic mass is 10.2. The molecule has 0 radical (unpaired) electrons. The Morgan fingerprint density at radius 3 is 2.71 bits per heavy atom. The van der Waals surface area contributed by atoms with Crippen molar-refractivity contribution in [3.63, 3.8) is 0 Å². The number of rotatable bonds is 2. The molecule has 0 spiro atoms. The predicted molar refractivity (Wildman–Crippen MR) is 65.3 cm³/mol. The highest BCUT2D eigenvalue weighted by atomic mass is 32.1. The molecular weight excluding hydrogens is 242 g/mol. The molecule has 6 nitrogen and oxygen atoms in total. The van der Waals surface area contributed by atoms with Crippen molar-refractivity contribution >= 4 is 27.5 Å². The fraction of sp³-hybridized carbons (Fsp3) is 0.300. The Morgan fingerprint density at radius 1 is 1.47 bits per heavy atom. The summed E-state index contributed by atoms with van der Waals surface area (Å²) in [6.45, 7) is 1.75. The minimum Gasteiger partial charge on any atom is -0.369 e. The maximum Gasteiger partial charge on any atom is 0.329 e. The van der Waals surface area contributed by atoms with Crippen molar-refractivity contribution in [2.24, 2.45) is 12.8 Å². The summed E-state index contributed by atoms with van der Waals surface area (Å²) >= 11 is 1.22. The van der Waals surface area contributed by atoms with E-state index in [2.05, 4.69) is 4.98 Å².